The van der Waals surface area contributed by atoms with E-state index in [1.54, 1.807) is 0 Å². The molecule has 0 unspecified atom stereocenters. The topological polar surface area (TPSA) is 80.8 Å². The van der Waals surface area contributed by atoms with E-state index in [9.17, 15) is 0 Å². The molecular weight excluding hydrogens is 384 g/mol. The summed E-state index contributed by atoms with van der Waals surface area (Å²) in [6.07, 6.45) is 3.18. The normalized spacial score (nSPS) is 11.6. The first-order valence-electron chi connectivity index (χ1n) is 11.2. The summed E-state index contributed by atoms with van der Waals surface area (Å²) in [5.41, 5.74) is 17.8. The molecule has 6 nitrogen and oxygen atoms in total. The van der Waals surface area contributed by atoms with E-state index in [2.05, 4.69) is 78.7 Å². The van der Waals surface area contributed by atoms with Gasteiger partial charge in [-0.15, -0.1) is 0 Å². The molecular formula is C25H32N6. The van der Waals surface area contributed by atoms with Crippen molar-refractivity contribution in [2.45, 2.75) is 59.2 Å². The maximum atomic E-state index is 5.78. The summed E-state index contributed by atoms with van der Waals surface area (Å²) in [5, 5.41) is 1.13. The molecule has 0 bridgehead atoms. The highest BCUT2D eigenvalue weighted by molar-refractivity contribution is 6.07. The fourth-order valence-corrected chi connectivity index (χ4v) is 3.84. The van der Waals surface area contributed by atoms with Crippen molar-refractivity contribution in [3.63, 3.8) is 0 Å². The summed E-state index contributed by atoms with van der Waals surface area (Å²) < 4.78 is 2.37. The van der Waals surface area contributed by atoms with Crippen LogP contribution in [0.25, 0.3) is 21.9 Å². The van der Waals surface area contributed by atoms with E-state index in [1.165, 1.54) is 5.56 Å². The van der Waals surface area contributed by atoms with Crippen LogP contribution in [0.15, 0.2) is 48.5 Å². The molecule has 31 heavy (non-hydrogen) atoms. The predicted molar refractivity (Wildman–Crippen MR) is 129 cm³/mol. The summed E-state index contributed by atoms with van der Waals surface area (Å²) in [6.45, 7) is 7.74. The molecule has 2 aromatic carbocycles. The zero-order valence-corrected chi connectivity index (χ0v) is 18.7. The highest BCUT2D eigenvalue weighted by Gasteiger charge is 2.18. The number of hydrogen-bond acceptors (Lipinski definition) is 5. The highest BCUT2D eigenvalue weighted by Crippen LogP contribution is 2.31. The molecule has 4 N–H and O–H groups in total. The van der Waals surface area contributed by atoms with Crippen LogP contribution < -0.4 is 16.6 Å². The van der Waals surface area contributed by atoms with E-state index in [-0.39, 0.29) is 6.04 Å². The van der Waals surface area contributed by atoms with Gasteiger partial charge in [0.2, 0.25) is 0 Å². The molecule has 4 aromatic rings. The Morgan fingerprint density at radius 1 is 1.00 bits per heavy atom. The van der Waals surface area contributed by atoms with Crippen LogP contribution in [0.1, 0.15) is 50.6 Å². The number of nitrogens with two attached hydrogens (primary N) is 1. The lowest BCUT2D eigenvalue weighted by atomic mass is 10.1. The zero-order chi connectivity index (χ0) is 21.8. The van der Waals surface area contributed by atoms with Crippen molar-refractivity contribution in [2.24, 2.45) is 5.73 Å². The molecule has 0 aliphatic heterocycles. The number of fused-ring (bicyclic) bond motifs is 3. The Bertz CT molecular complexity index is 1160. The van der Waals surface area contributed by atoms with Gasteiger partial charge in [0.1, 0.15) is 11.3 Å². The Balaban J connectivity index is 1.90. The number of aryl methyl sites for hydroxylation is 1. The molecule has 0 saturated heterocycles. The Kier molecular flexibility index (Phi) is 6.49. The van der Waals surface area contributed by atoms with Gasteiger partial charge in [0, 0.05) is 30.9 Å². The number of para-hydroxylation sites is 1. The summed E-state index contributed by atoms with van der Waals surface area (Å²) in [6, 6.07) is 17.1. The Hall–Kier alpha value is -2.96. The number of nitrogens with one attached hydrogen (secondary N) is 2. The number of hydrogen-bond donors (Lipinski definition) is 3. The zero-order valence-electron chi connectivity index (χ0n) is 18.7. The van der Waals surface area contributed by atoms with Gasteiger partial charge in [0.05, 0.1) is 11.0 Å². The summed E-state index contributed by atoms with van der Waals surface area (Å²) >= 11 is 0. The number of nitrogens with zero attached hydrogens (tertiary/aromatic N) is 3. The minimum absolute atomic E-state index is 0.283. The van der Waals surface area contributed by atoms with Crippen molar-refractivity contribution in [3.8, 4) is 0 Å². The van der Waals surface area contributed by atoms with Gasteiger partial charge in [-0.05, 0) is 37.5 Å². The highest BCUT2D eigenvalue weighted by atomic mass is 15.4. The lowest BCUT2D eigenvalue weighted by Crippen LogP contribution is -2.29. The number of hydrazine groups is 1. The van der Waals surface area contributed by atoms with Gasteiger partial charge in [-0.25, -0.2) is 15.4 Å². The van der Waals surface area contributed by atoms with Crippen LogP contribution in [0, 0.1) is 0 Å². The third-order valence-corrected chi connectivity index (χ3v) is 5.49. The van der Waals surface area contributed by atoms with Crippen LogP contribution in [0.2, 0.25) is 0 Å². The van der Waals surface area contributed by atoms with E-state index >= 15 is 0 Å². The number of unbranched alkanes of at least 4 members (excludes halogenated alkanes) is 1. The molecule has 2 heterocycles. The van der Waals surface area contributed by atoms with Crippen molar-refractivity contribution < 1.29 is 0 Å². The maximum Gasteiger partial charge on any atom is 0.169 e. The van der Waals surface area contributed by atoms with Crippen LogP contribution in [-0.4, -0.2) is 20.6 Å². The molecule has 0 amide bonds. The number of benzene rings is 2. The van der Waals surface area contributed by atoms with Gasteiger partial charge in [0.15, 0.2) is 5.82 Å². The third kappa shape index (κ3) is 4.55. The second-order valence-corrected chi connectivity index (χ2v) is 8.34. The summed E-state index contributed by atoms with van der Waals surface area (Å²) in [5.74, 6) is 1.88. The van der Waals surface area contributed by atoms with Crippen LogP contribution >= 0.6 is 0 Å². The molecule has 162 valence electrons. The van der Waals surface area contributed by atoms with E-state index < -0.39 is 0 Å². The van der Waals surface area contributed by atoms with Crippen LogP contribution in [0.4, 0.5) is 5.82 Å². The lowest BCUT2D eigenvalue weighted by Gasteiger charge is -2.14. The quantitative estimate of drug-likeness (QED) is 0.343. The fourth-order valence-electron chi connectivity index (χ4n) is 3.84. The second-order valence-electron chi connectivity index (χ2n) is 8.34. The Labute approximate surface area is 183 Å². The SMILES string of the molecule is CCCCc1nc2c(NNC(C)C)nc3ccccc3c2n1Cc1ccc(CN)cc1. The van der Waals surface area contributed by atoms with E-state index in [0.29, 0.717) is 6.54 Å². The average molecular weight is 417 g/mol. The van der Waals surface area contributed by atoms with Crippen molar-refractivity contribution in [1.29, 1.82) is 0 Å². The first-order valence-corrected chi connectivity index (χ1v) is 11.2. The fraction of sp³-hybridized carbons (Fsp3) is 0.360. The van der Waals surface area contributed by atoms with Crippen LogP contribution in [-0.2, 0) is 19.5 Å². The van der Waals surface area contributed by atoms with Crippen molar-refractivity contribution in [1.82, 2.24) is 20.0 Å². The molecule has 0 atom stereocenters. The first-order chi connectivity index (χ1) is 15.1. The van der Waals surface area contributed by atoms with Gasteiger partial charge in [-0.2, -0.15) is 0 Å². The molecule has 0 saturated carbocycles. The standard InChI is InChI=1S/C25H32N6/c1-4-5-10-22-28-23-24(31(22)16-19-13-11-18(15-26)12-14-19)20-8-6-7-9-21(20)27-25(23)30-29-17(2)3/h6-9,11-14,17,29H,4-5,10,15-16,26H2,1-3H3,(H,27,30). The van der Waals surface area contributed by atoms with Crippen molar-refractivity contribution in [3.05, 3.63) is 65.5 Å². The number of anilines is 1. The van der Waals surface area contributed by atoms with Crippen molar-refractivity contribution >= 4 is 27.8 Å². The number of rotatable bonds is 9. The van der Waals surface area contributed by atoms with Crippen molar-refractivity contribution in [2.75, 3.05) is 5.43 Å². The first kappa shape index (κ1) is 21.3. The number of aromatic nitrogens is 3. The van der Waals surface area contributed by atoms with E-state index in [1.807, 2.05) is 6.07 Å². The van der Waals surface area contributed by atoms with E-state index in [0.717, 1.165) is 64.9 Å². The smallest absolute Gasteiger partial charge is 0.169 e. The average Bonchev–Trinajstić information content (AvgIpc) is 3.15. The van der Waals surface area contributed by atoms with Gasteiger partial charge < -0.3 is 15.7 Å². The Morgan fingerprint density at radius 2 is 1.74 bits per heavy atom. The van der Waals surface area contributed by atoms with Crippen LogP contribution in [0.5, 0.6) is 0 Å². The molecule has 4 rings (SSSR count). The minimum Gasteiger partial charge on any atom is -0.326 e. The van der Waals surface area contributed by atoms with Gasteiger partial charge in [-0.3, -0.25) is 0 Å². The number of pyridine rings is 1. The molecule has 0 fully saturated rings. The summed E-state index contributed by atoms with van der Waals surface area (Å²) in [4.78, 5) is 9.96. The second kappa shape index (κ2) is 9.45. The molecule has 0 aliphatic carbocycles. The monoisotopic (exact) mass is 416 g/mol. The number of imidazole rings is 1. The van der Waals surface area contributed by atoms with Crippen LogP contribution in [0.3, 0.4) is 0 Å². The van der Waals surface area contributed by atoms with Gasteiger partial charge in [-0.1, -0.05) is 55.8 Å². The van der Waals surface area contributed by atoms with Gasteiger partial charge >= 0.3 is 0 Å². The van der Waals surface area contributed by atoms with Gasteiger partial charge in [0.25, 0.3) is 0 Å². The molecule has 0 radical (unpaired) electrons. The summed E-state index contributed by atoms with van der Waals surface area (Å²) in [7, 11) is 0. The maximum absolute atomic E-state index is 5.78. The molecule has 0 aliphatic rings. The van der Waals surface area contributed by atoms with E-state index in [4.69, 9.17) is 15.7 Å². The molecule has 6 heteroatoms. The molecule has 2 aromatic heterocycles. The molecule has 0 spiro atoms. The lowest BCUT2D eigenvalue weighted by molar-refractivity contribution is 0.658. The Morgan fingerprint density at radius 3 is 2.45 bits per heavy atom. The minimum atomic E-state index is 0.283. The predicted octanol–water partition coefficient (Wildman–Crippen LogP) is 4.76. The largest absolute Gasteiger partial charge is 0.326 e. The third-order valence-electron chi connectivity index (χ3n) is 5.49.